The minimum Gasteiger partial charge on any atom is -0.227 e. The third-order valence-electron chi connectivity index (χ3n) is 6.77. The van der Waals surface area contributed by atoms with Crippen LogP contribution < -0.4 is 4.57 Å². The summed E-state index contributed by atoms with van der Waals surface area (Å²) in [5, 5.41) is 9.62. The fourth-order valence-corrected chi connectivity index (χ4v) is 4.84. The first kappa shape index (κ1) is 24.5. The fourth-order valence-electron chi connectivity index (χ4n) is 4.84. The third-order valence-corrected chi connectivity index (χ3v) is 6.77. The summed E-state index contributed by atoms with van der Waals surface area (Å²) in [5.74, 6) is 1.81. The van der Waals surface area contributed by atoms with Crippen LogP contribution in [0.2, 0.25) is 0 Å². The lowest BCUT2D eigenvalue weighted by atomic mass is 9.88. The lowest BCUT2D eigenvalue weighted by Gasteiger charge is -2.21. The standard InChI is InChI=1S/C32H36N3/c1-21(2)28-18-27(26-11-9-8-10-12-26)19-29(22(3)4)31(28)35-16-15-34(23(5)6)32(35)30-17-25(20-33)14-13-24(30)7/h8-19,21-23H,1-7H3/q+1. The Morgan fingerprint density at radius 1 is 0.800 bits per heavy atom. The van der Waals surface area contributed by atoms with Crippen molar-refractivity contribution in [3.05, 3.63) is 95.3 Å². The zero-order chi connectivity index (χ0) is 25.3. The molecule has 178 valence electrons. The molecule has 3 nitrogen and oxygen atoms in total. The maximum absolute atomic E-state index is 9.62. The van der Waals surface area contributed by atoms with Crippen molar-refractivity contribution in [1.82, 2.24) is 4.57 Å². The van der Waals surface area contributed by atoms with Gasteiger partial charge in [-0.25, -0.2) is 4.57 Å². The predicted molar refractivity (Wildman–Crippen MR) is 145 cm³/mol. The highest BCUT2D eigenvalue weighted by molar-refractivity contribution is 5.71. The summed E-state index contributed by atoms with van der Waals surface area (Å²) in [4.78, 5) is 0. The molecule has 4 rings (SSSR count). The third kappa shape index (κ3) is 4.66. The molecule has 0 unspecified atom stereocenters. The molecule has 0 amide bonds. The number of nitriles is 1. The molecule has 35 heavy (non-hydrogen) atoms. The molecule has 1 heterocycles. The van der Waals surface area contributed by atoms with Crippen LogP contribution in [0.25, 0.3) is 28.2 Å². The topological polar surface area (TPSA) is 32.6 Å². The van der Waals surface area contributed by atoms with Crippen LogP contribution in [0.15, 0.2) is 73.1 Å². The number of benzene rings is 3. The maximum Gasteiger partial charge on any atom is 0.294 e. The van der Waals surface area contributed by atoms with Crippen LogP contribution in [-0.4, -0.2) is 4.57 Å². The van der Waals surface area contributed by atoms with Crippen molar-refractivity contribution >= 4 is 0 Å². The molecule has 0 bridgehead atoms. The van der Waals surface area contributed by atoms with Gasteiger partial charge in [0.1, 0.15) is 18.1 Å². The van der Waals surface area contributed by atoms with Crippen LogP contribution in [-0.2, 0) is 0 Å². The van der Waals surface area contributed by atoms with Crippen LogP contribution in [0.3, 0.4) is 0 Å². The van der Waals surface area contributed by atoms with E-state index in [9.17, 15) is 5.26 Å². The van der Waals surface area contributed by atoms with Gasteiger partial charge in [-0.05, 0) is 73.6 Å². The lowest BCUT2D eigenvalue weighted by Crippen LogP contribution is -2.37. The first-order valence-corrected chi connectivity index (χ1v) is 12.6. The van der Waals surface area contributed by atoms with Gasteiger partial charge in [-0.2, -0.15) is 9.83 Å². The first-order valence-electron chi connectivity index (χ1n) is 12.6. The zero-order valence-electron chi connectivity index (χ0n) is 22.0. The normalized spacial score (nSPS) is 11.5. The second kappa shape index (κ2) is 9.92. The molecule has 0 atom stereocenters. The van der Waals surface area contributed by atoms with Crippen LogP contribution in [0.5, 0.6) is 0 Å². The van der Waals surface area contributed by atoms with Gasteiger partial charge in [-0.1, -0.05) is 64.1 Å². The van der Waals surface area contributed by atoms with E-state index >= 15 is 0 Å². The second-order valence-corrected chi connectivity index (χ2v) is 10.3. The predicted octanol–water partition coefficient (Wildman–Crippen LogP) is 8.11. The molecule has 0 N–H and O–H groups in total. The van der Waals surface area contributed by atoms with Gasteiger partial charge < -0.3 is 0 Å². The van der Waals surface area contributed by atoms with Crippen molar-refractivity contribution in [2.45, 2.75) is 66.3 Å². The maximum atomic E-state index is 9.62. The summed E-state index contributed by atoms with van der Waals surface area (Å²) in [5.41, 5.74) is 9.36. The van der Waals surface area contributed by atoms with E-state index in [0.717, 1.165) is 17.0 Å². The minimum atomic E-state index is 0.282. The molecule has 0 aliphatic heterocycles. The van der Waals surface area contributed by atoms with Gasteiger partial charge in [0, 0.05) is 11.1 Å². The van der Waals surface area contributed by atoms with Crippen molar-refractivity contribution in [3.63, 3.8) is 0 Å². The summed E-state index contributed by atoms with van der Waals surface area (Å²) in [6.07, 6.45) is 4.38. The molecule has 0 radical (unpaired) electrons. The SMILES string of the molecule is Cc1ccc(C#N)cc1-c1n(-c2c(C(C)C)cc(-c3ccccc3)cc2C(C)C)cc[n+]1C(C)C. The Balaban J connectivity index is 2.09. The van der Waals surface area contributed by atoms with E-state index in [1.807, 2.05) is 12.1 Å². The number of imidazole rings is 1. The Labute approximate surface area is 210 Å². The van der Waals surface area contributed by atoms with Crippen molar-refractivity contribution in [2.24, 2.45) is 0 Å². The Kier molecular flexibility index (Phi) is 6.94. The molecule has 3 heteroatoms. The number of hydrogen-bond donors (Lipinski definition) is 0. The van der Waals surface area contributed by atoms with E-state index in [4.69, 9.17) is 0 Å². The molecule has 0 spiro atoms. The molecule has 0 fully saturated rings. The summed E-state index contributed by atoms with van der Waals surface area (Å²) >= 11 is 0. The van der Waals surface area contributed by atoms with Crippen LogP contribution in [0.4, 0.5) is 0 Å². The molecule has 3 aromatic carbocycles. The highest BCUT2D eigenvalue weighted by Gasteiger charge is 2.29. The van der Waals surface area contributed by atoms with Crippen molar-refractivity contribution < 1.29 is 4.57 Å². The van der Waals surface area contributed by atoms with Gasteiger partial charge in [0.15, 0.2) is 0 Å². The number of aromatic nitrogens is 2. The monoisotopic (exact) mass is 462 g/mol. The average Bonchev–Trinajstić information content (AvgIpc) is 3.29. The quantitative estimate of drug-likeness (QED) is 0.266. The van der Waals surface area contributed by atoms with Crippen LogP contribution in [0.1, 0.15) is 81.7 Å². The Morgan fingerprint density at radius 2 is 1.43 bits per heavy atom. The molecule has 0 saturated carbocycles. The smallest absolute Gasteiger partial charge is 0.227 e. The largest absolute Gasteiger partial charge is 0.294 e. The first-order chi connectivity index (χ1) is 16.7. The molecule has 0 aliphatic carbocycles. The molecule has 1 aromatic heterocycles. The van der Waals surface area contributed by atoms with Crippen LogP contribution in [0, 0.1) is 18.3 Å². The zero-order valence-corrected chi connectivity index (χ0v) is 22.0. The van der Waals surface area contributed by atoms with E-state index in [2.05, 4.69) is 125 Å². The highest BCUT2D eigenvalue weighted by atomic mass is 15.2. The number of rotatable bonds is 6. The Bertz CT molecular complexity index is 1350. The van der Waals surface area contributed by atoms with Crippen LogP contribution >= 0.6 is 0 Å². The fraction of sp³-hybridized carbons (Fsp3) is 0.312. The molecular formula is C32H36N3+. The van der Waals surface area contributed by atoms with Gasteiger partial charge in [0.05, 0.1) is 23.2 Å². The Morgan fingerprint density at radius 3 is 1.97 bits per heavy atom. The number of aryl methyl sites for hydroxylation is 1. The molecule has 0 aliphatic rings. The van der Waals surface area contributed by atoms with E-state index < -0.39 is 0 Å². The van der Waals surface area contributed by atoms with Gasteiger partial charge in [0.25, 0.3) is 5.82 Å². The van der Waals surface area contributed by atoms with E-state index in [1.165, 1.54) is 27.9 Å². The van der Waals surface area contributed by atoms with Crippen molar-refractivity contribution in [1.29, 1.82) is 5.26 Å². The van der Waals surface area contributed by atoms with E-state index in [1.54, 1.807) is 0 Å². The molecule has 4 aromatic rings. The summed E-state index contributed by atoms with van der Waals surface area (Å²) in [6, 6.07) is 24.0. The Hall–Kier alpha value is -3.64. The van der Waals surface area contributed by atoms with Gasteiger partial charge in [-0.3, -0.25) is 0 Å². The number of nitrogens with zero attached hydrogens (tertiary/aromatic N) is 3. The van der Waals surface area contributed by atoms with Crippen molar-refractivity contribution in [3.8, 4) is 34.3 Å². The van der Waals surface area contributed by atoms with Gasteiger partial charge in [0.2, 0.25) is 0 Å². The molecule has 0 saturated heterocycles. The van der Waals surface area contributed by atoms with Gasteiger partial charge >= 0.3 is 0 Å². The summed E-state index contributed by atoms with van der Waals surface area (Å²) < 4.78 is 4.69. The highest BCUT2D eigenvalue weighted by Crippen LogP contribution is 2.38. The summed E-state index contributed by atoms with van der Waals surface area (Å²) in [6.45, 7) is 15.7. The number of hydrogen-bond acceptors (Lipinski definition) is 1. The average molecular weight is 463 g/mol. The summed E-state index contributed by atoms with van der Waals surface area (Å²) in [7, 11) is 0. The molecular weight excluding hydrogens is 426 g/mol. The van der Waals surface area contributed by atoms with Gasteiger partial charge in [-0.15, -0.1) is 0 Å². The van der Waals surface area contributed by atoms with Crippen molar-refractivity contribution in [2.75, 3.05) is 0 Å². The van der Waals surface area contributed by atoms with E-state index in [-0.39, 0.29) is 6.04 Å². The van der Waals surface area contributed by atoms with E-state index in [0.29, 0.717) is 17.4 Å². The minimum absolute atomic E-state index is 0.282. The lowest BCUT2D eigenvalue weighted by molar-refractivity contribution is -0.704. The second-order valence-electron chi connectivity index (χ2n) is 10.3.